The number of ether oxygens (including phenoxy) is 1. The fraction of sp³-hybridized carbons (Fsp3) is 0.476. The Hall–Kier alpha value is -1.35. The predicted molar refractivity (Wildman–Crippen MR) is 112 cm³/mol. The molecule has 1 heterocycles. The first-order chi connectivity index (χ1) is 11.6. The highest BCUT2D eigenvalue weighted by atomic mass is 79.9. The first-order valence-electron chi connectivity index (χ1n) is 8.92. The third-order valence-corrected chi connectivity index (χ3v) is 3.29. The van der Waals surface area contributed by atoms with Crippen LogP contribution in [0.2, 0.25) is 0 Å². The van der Waals surface area contributed by atoms with Gasteiger partial charge in [0.1, 0.15) is 5.75 Å². The molecule has 0 bridgehead atoms. The van der Waals surface area contributed by atoms with Crippen LogP contribution in [0.25, 0.3) is 11.3 Å². The van der Waals surface area contributed by atoms with Crippen molar-refractivity contribution in [1.29, 1.82) is 0 Å². The van der Waals surface area contributed by atoms with Gasteiger partial charge in [-0.1, -0.05) is 77.4 Å². The van der Waals surface area contributed by atoms with Crippen molar-refractivity contribution >= 4 is 15.9 Å². The highest BCUT2D eigenvalue weighted by molar-refractivity contribution is 9.10. The van der Waals surface area contributed by atoms with Gasteiger partial charge in [0.2, 0.25) is 0 Å². The molecule has 0 aliphatic carbocycles. The van der Waals surface area contributed by atoms with Gasteiger partial charge in [-0.05, 0) is 36.2 Å². The van der Waals surface area contributed by atoms with Crippen LogP contribution in [0, 0.1) is 0 Å². The van der Waals surface area contributed by atoms with Crippen molar-refractivity contribution in [2.24, 2.45) is 0 Å². The van der Waals surface area contributed by atoms with Gasteiger partial charge in [0, 0.05) is 15.7 Å². The molecule has 0 saturated carbocycles. The van der Waals surface area contributed by atoms with Gasteiger partial charge in [-0.25, -0.2) is 0 Å². The quantitative estimate of drug-likeness (QED) is 0.530. The number of pyridine rings is 1. The summed E-state index contributed by atoms with van der Waals surface area (Å²) in [6, 6.07) is 12.1. The number of nitrogens with zero attached hydrogens (tertiary/aromatic N) is 1. The molecule has 0 radical (unpaired) electrons. The van der Waals surface area contributed by atoms with Gasteiger partial charge >= 0.3 is 0 Å². The molecule has 0 saturated heterocycles. The van der Waals surface area contributed by atoms with Crippen molar-refractivity contribution in [3.63, 3.8) is 0 Å². The maximum atomic E-state index is 5.39. The highest BCUT2D eigenvalue weighted by Gasteiger charge is 2.09. The number of methoxy groups -OCH3 is 1. The largest absolute Gasteiger partial charge is 0.496 e. The fourth-order valence-electron chi connectivity index (χ4n) is 1.80. The molecule has 0 fully saturated rings. The molecule has 1 aromatic heterocycles. The first-order valence-corrected chi connectivity index (χ1v) is 9.72. The van der Waals surface area contributed by atoms with Crippen LogP contribution >= 0.6 is 15.9 Å². The lowest BCUT2D eigenvalue weighted by Gasteiger charge is -2.11. The van der Waals surface area contributed by atoms with E-state index in [1.54, 1.807) is 7.11 Å². The van der Waals surface area contributed by atoms with Crippen LogP contribution in [-0.2, 0) is 0 Å². The van der Waals surface area contributed by atoms with Crippen LogP contribution in [-0.4, -0.2) is 12.1 Å². The average molecular weight is 396 g/mol. The standard InChI is InChI=1S/C15H16BrNO.3C2H6/c1-10(2)13-5-4-6-14(17-13)12-9-11(16)7-8-15(12)18-3;3*1-2/h4-10H,1-3H3;3*1-2H3. The summed E-state index contributed by atoms with van der Waals surface area (Å²) in [5.74, 6) is 1.26. The minimum Gasteiger partial charge on any atom is -0.496 e. The molecular formula is C21H34BrNO. The van der Waals surface area contributed by atoms with E-state index in [9.17, 15) is 0 Å². The summed E-state index contributed by atoms with van der Waals surface area (Å²) in [7, 11) is 1.68. The lowest BCUT2D eigenvalue weighted by molar-refractivity contribution is 0.416. The summed E-state index contributed by atoms with van der Waals surface area (Å²) in [6.07, 6.45) is 0. The van der Waals surface area contributed by atoms with Crippen LogP contribution in [0.3, 0.4) is 0 Å². The number of rotatable bonds is 3. The Labute approximate surface area is 157 Å². The van der Waals surface area contributed by atoms with Gasteiger partial charge in [0.25, 0.3) is 0 Å². The SMILES string of the molecule is CC.CC.CC.COc1ccc(Br)cc1-c1cccc(C(C)C)n1. The second-order valence-electron chi connectivity index (χ2n) is 4.45. The molecule has 0 N–H and O–H groups in total. The highest BCUT2D eigenvalue weighted by Crippen LogP contribution is 2.32. The van der Waals surface area contributed by atoms with Crippen LogP contribution in [0.15, 0.2) is 40.9 Å². The number of hydrogen-bond acceptors (Lipinski definition) is 2. The number of benzene rings is 1. The third-order valence-electron chi connectivity index (χ3n) is 2.80. The van der Waals surface area contributed by atoms with Crippen LogP contribution in [0.1, 0.15) is 67.0 Å². The summed E-state index contributed by atoms with van der Waals surface area (Å²) < 4.78 is 6.42. The molecule has 0 aliphatic heterocycles. The smallest absolute Gasteiger partial charge is 0.128 e. The molecule has 0 unspecified atom stereocenters. The van der Waals surface area contributed by atoms with Gasteiger partial charge in [-0.2, -0.15) is 0 Å². The molecule has 3 heteroatoms. The van der Waals surface area contributed by atoms with E-state index < -0.39 is 0 Å². The summed E-state index contributed by atoms with van der Waals surface area (Å²) in [5, 5.41) is 0. The van der Waals surface area contributed by atoms with E-state index in [0.717, 1.165) is 27.2 Å². The molecule has 0 atom stereocenters. The number of hydrogen-bond donors (Lipinski definition) is 0. The summed E-state index contributed by atoms with van der Waals surface area (Å²) in [5.41, 5.74) is 3.04. The summed E-state index contributed by atoms with van der Waals surface area (Å²) >= 11 is 3.49. The van der Waals surface area contributed by atoms with Gasteiger partial charge in [0.05, 0.1) is 12.8 Å². The zero-order valence-electron chi connectivity index (χ0n) is 16.8. The average Bonchev–Trinajstić information content (AvgIpc) is 2.66. The minimum absolute atomic E-state index is 0.420. The Bertz CT molecular complexity index is 553. The van der Waals surface area contributed by atoms with E-state index >= 15 is 0 Å². The Morgan fingerprint density at radius 3 is 2.00 bits per heavy atom. The lowest BCUT2D eigenvalue weighted by atomic mass is 10.1. The topological polar surface area (TPSA) is 22.1 Å². The fourth-order valence-corrected chi connectivity index (χ4v) is 2.16. The Morgan fingerprint density at radius 1 is 0.917 bits per heavy atom. The minimum atomic E-state index is 0.420. The second kappa shape index (κ2) is 15.2. The van der Waals surface area contributed by atoms with Crippen molar-refractivity contribution < 1.29 is 4.74 Å². The Balaban J connectivity index is 0. The van der Waals surface area contributed by atoms with Crippen LogP contribution < -0.4 is 4.74 Å². The van der Waals surface area contributed by atoms with Crippen LogP contribution in [0.4, 0.5) is 0 Å². The predicted octanol–water partition coefficient (Wildman–Crippen LogP) is 7.72. The molecule has 136 valence electrons. The van der Waals surface area contributed by atoms with E-state index in [2.05, 4.69) is 35.8 Å². The van der Waals surface area contributed by atoms with Crippen molar-refractivity contribution in [3.05, 3.63) is 46.6 Å². The molecule has 0 aliphatic rings. The summed E-state index contributed by atoms with van der Waals surface area (Å²) in [6.45, 7) is 16.3. The van der Waals surface area contributed by atoms with Crippen molar-refractivity contribution in [1.82, 2.24) is 4.98 Å². The van der Waals surface area contributed by atoms with Gasteiger partial charge in [0.15, 0.2) is 0 Å². The van der Waals surface area contributed by atoms with E-state index in [1.807, 2.05) is 71.9 Å². The molecule has 2 aromatic rings. The second-order valence-corrected chi connectivity index (χ2v) is 5.36. The molecule has 2 nitrogen and oxygen atoms in total. The molecule has 0 amide bonds. The number of halogens is 1. The maximum absolute atomic E-state index is 5.39. The zero-order valence-corrected chi connectivity index (χ0v) is 18.4. The monoisotopic (exact) mass is 395 g/mol. The Kier molecular flexibility index (Phi) is 15.8. The molecule has 2 rings (SSSR count). The third kappa shape index (κ3) is 7.96. The normalized spacial score (nSPS) is 8.79. The van der Waals surface area contributed by atoms with E-state index in [1.165, 1.54) is 0 Å². The molecule has 24 heavy (non-hydrogen) atoms. The molecule has 1 aromatic carbocycles. The van der Waals surface area contributed by atoms with Gasteiger partial charge in [-0.15, -0.1) is 0 Å². The van der Waals surface area contributed by atoms with Crippen molar-refractivity contribution in [2.75, 3.05) is 7.11 Å². The van der Waals surface area contributed by atoms with E-state index in [0.29, 0.717) is 5.92 Å². The van der Waals surface area contributed by atoms with Crippen LogP contribution in [0.5, 0.6) is 5.75 Å². The van der Waals surface area contributed by atoms with Crippen molar-refractivity contribution in [3.8, 4) is 17.0 Å². The van der Waals surface area contributed by atoms with Crippen molar-refractivity contribution in [2.45, 2.75) is 61.3 Å². The van der Waals surface area contributed by atoms with E-state index in [4.69, 9.17) is 9.72 Å². The Morgan fingerprint density at radius 2 is 1.50 bits per heavy atom. The maximum Gasteiger partial charge on any atom is 0.128 e. The first kappa shape index (κ1) is 24.9. The lowest BCUT2D eigenvalue weighted by Crippen LogP contribution is -1.95. The summed E-state index contributed by atoms with van der Waals surface area (Å²) in [4.78, 5) is 4.69. The zero-order chi connectivity index (χ0) is 19.1. The molecular weight excluding hydrogens is 362 g/mol. The molecule has 0 spiro atoms. The van der Waals surface area contributed by atoms with Gasteiger partial charge in [-0.3, -0.25) is 4.98 Å². The van der Waals surface area contributed by atoms with E-state index in [-0.39, 0.29) is 0 Å². The van der Waals surface area contributed by atoms with Gasteiger partial charge < -0.3 is 4.74 Å². The number of aromatic nitrogens is 1.